The van der Waals surface area contributed by atoms with Crippen LogP contribution in [0.25, 0.3) is 33.2 Å². The third kappa shape index (κ3) is 3.52. The molecule has 7 nitrogen and oxygen atoms in total. The van der Waals surface area contributed by atoms with E-state index < -0.39 is 17.5 Å². The third-order valence-electron chi connectivity index (χ3n) is 4.90. The van der Waals surface area contributed by atoms with Gasteiger partial charge in [-0.2, -0.15) is 5.10 Å². The van der Waals surface area contributed by atoms with Crippen LogP contribution in [0.1, 0.15) is 5.56 Å². The predicted octanol–water partition coefficient (Wildman–Crippen LogP) is 4.04. The van der Waals surface area contributed by atoms with E-state index in [-0.39, 0.29) is 16.5 Å². The van der Waals surface area contributed by atoms with Crippen molar-refractivity contribution < 1.29 is 13.2 Å². The van der Waals surface area contributed by atoms with Crippen molar-refractivity contribution in [2.75, 3.05) is 11.9 Å². The van der Waals surface area contributed by atoms with Gasteiger partial charge in [-0.1, -0.05) is 0 Å². The largest absolute Gasteiger partial charge is 0.368 e. The highest BCUT2D eigenvalue weighted by Gasteiger charge is 2.17. The first-order valence-corrected chi connectivity index (χ1v) is 9.37. The lowest BCUT2D eigenvalue weighted by Crippen LogP contribution is -2.09. The minimum absolute atomic E-state index is 0.223. The van der Waals surface area contributed by atoms with E-state index >= 15 is 0 Å². The third-order valence-corrected chi connectivity index (χ3v) is 4.90. The van der Waals surface area contributed by atoms with Crippen LogP contribution in [0, 0.1) is 17.5 Å². The smallest absolute Gasteiger partial charge is 0.182 e. The van der Waals surface area contributed by atoms with Crippen LogP contribution in [0.2, 0.25) is 0 Å². The zero-order chi connectivity index (χ0) is 21.4. The van der Waals surface area contributed by atoms with Crippen LogP contribution < -0.4 is 5.32 Å². The number of hydrogen-bond acceptors (Lipinski definition) is 6. The maximum absolute atomic E-state index is 14.7. The average Bonchev–Trinajstić information content (AvgIpc) is 3.23. The van der Waals surface area contributed by atoms with Crippen molar-refractivity contribution in [3.8, 4) is 11.1 Å². The quantitative estimate of drug-likeness (QED) is 0.445. The van der Waals surface area contributed by atoms with Gasteiger partial charge in [0.15, 0.2) is 11.5 Å². The fraction of sp³-hybridized carbons (Fsp3) is 0.0952. The zero-order valence-corrected chi connectivity index (χ0v) is 15.9. The molecule has 0 aliphatic carbocycles. The molecule has 0 aliphatic rings. The molecule has 2 N–H and O–H groups in total. The van der Waals surface area contributed by atoms with Gasteiger partial charge in [-0.15, -0.1) is 5.10 Å². The molecule has 0 radical (unpaired) electrons. The topological polar surface area (TPSA) is 92.3 Å². The highest BCUT2D eigenvalue weighted by atomic mass is 19.1. The number of H-pyrrole nitrogens is 1. The Morgan fingerprint density at radius 1 is 0.968 bits per heavy atom. The second-order valence-corrected chi connectivity index (χ2v) is 6.84. The Balaban J connectivity index is 1.55. The van der Waals surface area contributed by atoms with Crippen molar-refractivity contribution in [2.24, 2.45) is 0 Å². The number of benzene rings is 2. The van der Waals surface area contributed by atoms with Crippen molar-refractivity contribution in [1.29, 1.82) is 0 Å². The summed E-state index contributed by atoms with van der Waals surface area (Å²) < 4.78 is 42.6. The molecule has 31 heavy (non-hydrogen) atoms. The lowest BCUT2D eigenvalue weighted by Gasteiger charge is -2.14. The lowest BCUT2D eigenvalue weighted by atomic mass is 9.94. The summed E-state index contributed by atoms with van der Waals surface area (Å²) >= 11 is 0. The number of aromatic amines is 1. The Bertz CT molecular complexity index is 1400. The summed E-state index contributed by atoms with van der Waals surface area (Å²) in [5.74, 6) is -1.41. The fourth-order valence-corrected chi connectivity index (χ4v) is 3.60. The number of halogens is 3. The molecular formula is C21H14F3N7. The van der Waals surface area contributed by atoms with Gasteiger partial charge in [0.1, 0.15) is 34.8 Å². The van der Waals surface area contributed by atoms with Gasteiger partial charge in [-0.25, -0.2) is 28.1 Å². The van der Waals surface area contributed by atoms with Gasteiger partial charge < -0.3 is 10.3 Å². The molecule has 0 bridgehead atoms. The van der Waals surface area contributed by atoms with E-state index in [1.165, 1.54) is 43.1 Å². The van der Waals surface area contributed by atoms with E-state index in [4.69, 9.17) is 0 Å². The second-order valence-electron chi connectivity index (χ2n) is 6.84. The van der Waals surface area contributed by atoms with Gasteiger partial charge in [0.05, 0.1) is 12.5 Å². The van der Waals surface area contributed by atoms with Crippen molar-refractivity contribution in [3.05, 3.63) is 72.2 Å². The van der Waals surface area contributed by atoms with Crippen molar-refractivity contribution in [3.63, 3.8) is 0 Å². The highest BCUT2D eigenvalue weighted by molar-refractivity contribution is 5.95. The van der Waals surface area contributed by atoms with Crippen molar-refractivity contribution in [1.82, 2.24) is 30.1 Å². The Morgan fingerprint density at radius 2 is 1.81 bits per heavy atom. The molecule has 10 heteroatoms. The van der Waals surface area contributed by atoms with Crippen LogP contribution in [0.5, 0.6) is 0 Å². The van der Waals surface area contributed by atoms with Crippen molar-refractivity contribution in [2.45, 2.75) is 6.42 Å². The number of nitrogens with one attached hydrogen (secondary N) is 2. The summed E-state index contributed by atoms with van der Waals surface area (Å²) in [6, 6.07) is 6.01. The number of nitrogens with zero attached hydrogens (tertiary/aromatic N) is 5. The number of rotatable bonds is 5. The summed E-state index contributed by atoms with van der Waals surface area (Å²) in [6.07, 6.45) is 4.60. The van der Waals surface area contributed by atoms with Gasteiger partial charge in [0, 0.05) is 23.6 Å². The summed E-state index contributed by atoms with van der Waals surface area (Å²) in [5.41, 5.74) is 2.61. The van der Waals surface area contributed by atoms with Crippen LogP contribution in [0.4, 0.5) is 19.0 Å². The maximum Gasteiger partial charge on any atom is 0.182 e. The van der Waals surface area contributed by atoms with Crippen LogP contribution >= 0.6 is 0 Å². The first kappa shape index (κ1) is 18.9. The van der Waals surface area contributed by atoms with Crippen LogP contribution in [0.3, 0.4) is 0 Å². The highest BCUT2D eigenvalue weighted by Crippen LogP contribution is 2.33. The maximum atomic E-state index is 14.7. The predicted molar refractivity (Wildman–Crippen MR) is 109 cm³/mol. The SMILES string of the molecule is Fc1cc(F)cc(-c2c(CCNc3ncnc4nc[nH]c34)cc(F)c3ccnnc23)c1. The molecule has 3 heterocycles. The van der Waals surface area contributed by atoms with E-state index in [0.717, 1.165) is 6.07 Å². The Kier molecular flexibility index (Phi) is 4.66. The molecule has 0 saturated carbocycles. The summed E-state index contributed by atoms with van der Waals surface area (Å²) in [6.45, 7) is 0.362. The molecule has 0 saturated heterocycles. The van der Waals surface area contributed by atoms with Gasteiger partial charge in [-0.05, 0) is 41.8 Å². The minimum Gasteiger partial charge on any atom is -0.368 e. The summed E-state index contributed by atoms with van der Waals surface area (Å²) in [4.78, 5) is 15.3. The molecule has 0 unspecified atom stereocenters. The molecule has 0 atom stereocenters. The molecule has 0 amide bonds. The standard InChI is InChI=1S/C21H14F3N7/c22-13-5-12(6-14(23)8-13)17-11(7-16(24)15-2-4-30-31-18(15)17)1-3-25-20-19-21(27-9-26-19)29-10-28-20/h2,4-10H,1,3H2,(H2,25,26,27,28,29). The van der Waals surface area contributed by atoms with E-state index in [0.29, 0.717) is 41.1 Å². The minimum atomic E-state index is -0.733. The Morgan fingerprint density at radius 3 is 2.65 bits per heavy atom. The second kappa shape index (κ2) is 7.63. The molecule has 0 spiro atoms. The molecule has 5 aromatic rings. The number of fused-ring (bicyclic) bond motifs is 2. The molecular weight excluding hydrogens is 407 g/mol. The average molecular weight is 421 g/mol. The Hall–Kier alpha value is -4.08. The Labute approximate surface area is 173 Å². The number of imidazole rings is 1. The first-order chi connectivity index (χ1) is 15.1. The number of aromatic nitrogens is 6. The molecule has 2 aromatic carbocycles. The number of anilines is 1. The van der Waals surface area contributed by atoms with E-state index in [2.05, 4.69) is 35.5 Å². The van der Waals surface area contributed by atoms with E-state index in [1.54, 1.807) is 0 Å². The lowest BCUT2D eigenvalue weighted by molar-refractivity contribution is 0.584. The zero-order valence-electron chi connectivity index (χ0n) is 15.9. The van der Waals surface area contributed by atoms with Gasteiger partial charge >= 0.3 is 0 Å². The molecule has 154 valence electrons. The number of hydrogen-bond donors (Lipinski definition) is 2. The summed E-state index contributed by atoms with van der Waals surface area (Å²) in [5, 5.41) is 11.3. The van der Waals surface area contributed by atoms with Crippen molar-refractivity contribution >= 4 is 27.9 Å². The normalized spacial score (nSPS) is 11.3. The molecule has 5 rings (SSSR count). The molecule has 3 aromatic heterocycles. The fourth-order valence-electron chi connectivity index (χ4n) is 3.60. The monoisotopic (exact) mass is 421 g/mol. The first-order valence-electron chi connectivity index (χ1n) is 9.37. The summed E-state index contributed by atoms with van der Waals surface area (Å²) in [7, 11) is 0. The molecule has 0 aliphatic heterocycles. The van der Waals surface area contributed by atoms with Crippen LogP contribution in [-0.4, -0.2) is 36.7 Å². The molecule has 0 fully saturated rings. The van der Waals surface area contributed by atoms with E-state index in [1.807, 2.05) is 0 Å². The van der Waals surface area contributed by atoms with Gasteiger partial charge in [0.25, 0.3) is 0 Å². The van der Waals surface area contributed by atoms with Gasteiger partial charge in [0.2, 0.25) is 0 Å². The van der Waals surface area contributed by atoms with E-state index in [9.17, 15) is 13.2 Å². The van der Waals surface area contributed by atoms with Crippen LogP contribution in [0.15, 0.2) is 49.2 Å². The van der Waals surface area contributed by atoms with Gasteiger partial charge in [-0.3, -0.25) is 0 Å². The van der Waals surface area contributed by atoms with Crippen LogP contribution in [-0.2, 0) is 6.42 Å².